The van der Waals surface area contributed by atoms with Crippen molar-refractivity contribution >= 4 is 18.3 Å². The van der Waals surface area contributed by atoms with Gasteiger partial charge in [-0.05, 0) is 32.2 Å². The molecule has 0 aliphatic heterocycles. The zero-order chi connectivity index (χ0) is 12.0. The van der Waals surface area contributed by atoms with Crippen molar-refractivity contribution in [2.45, 2.75) is 64.5 Å². The number of likely N-dealkylation sites (N-methyl/N-ethyl adjacent to an activating group) is 1. The van der Waals surface area contributed by atoms with Gasteiger partial charge in [-0.25, -0.2) is 0 Å². The molecule has 0 saturated heterocycles. The molecule has 0 aromatic heterocycles. The van der Waals surface area contributed by atoms with Gasteiger partial charge >= 0.3 is 0 Å². The van der Waals surface area contributed by atoms with Gasteiger partial charge in [0.15, 0.2) is 0 Å². The zero-order valence-corrected chi connectivity index (χ0v) is 12.1. The molecule has 0 spiro atoms. The lowest BCUT2D eigenvalue weighted by Gasteiger charge is -2.26. The third-order valence-electron chi connectivity index (χ3n) is 3.32. The van der Waals surface area contributed by atoms with Crippen molar-refractivity contribution in [3.05, 3.63) is 0 Å². The van der Waals surface area contributed by atoms with Crippen LogP contribution in [0.25, 0.3) is 0 Å². The van der Waals surface area contributed by atoms with E-state index in [1.165, 1.54) is 19.3 Å². The Balaban J connectivity index is 0.00000256. The van der Waals surface area contributed by atoms with Gasteiger partial charge in [-0.15, -0.1) is 12.4 Å². The predicted octanol–water partition coefficient (Wildman–Crippen LogP) is 2.49. The molecule has 1 aliphatic carbocycles. The summed E-state index contributed by atoms with van der Waals surface area (Å²) in [6, 6.07) is 0.395. The number of hydrogen-bond acceptors (Lipinski definition) is 2. The van der Waals surface area contributed by atoms with Crippen molar-refractivity contribution in [2.24, 2.45) is 5.92 Å². The van der Waals surface area contributed by atoms with E-state index in [-0.39, 0.29) is 24.4 Å². The van der Waals surface area contributed by atoms with Crippen LogP contribution in [0.1, 0.15) is 52.4 Å². The molecular formula is C13H27ClN2O. The molecule has 17 heavy (non-hydrogen) atoms. The number of carbonyl (C=O) groups excluding carboxylic acids is 1. The number of rotatable bonds is 5. The van der Waals surface area contributed by atoms with Crippen LogP contribution in [0.2, 0.25) is 0 Å². The van der Waals surface area contributed by atoms with Gasteiger partial charge in [-0.2, -0.15) is 0 Å². The molecule has 3 nitrogen and oxygen atoms in total. The highest BCUT2D eigenvalue weighted by atomic mass is 35.5. The summed E-state index contributed by atoms with van der Waals surface area (Å²) in [6.07, 6.45) is 7.08. The van der Waals surface area contributed by atoms with Gasteiger partial charge in [0.05, 0.1) is 6.04 Å². The summed E-state index contributed by atoms with van der Waals surface area (Å²) in [5, 5.41) is 6.28. The van der Waals surface area contributed by atoms with E-state index < -0.39 is 0 Å². The minimum absolute atomic E-state index is 0. The normalized spacial score (nSPS) is 18.6. The van der Waals surface area contributed by atoms with Crippen molar-refractivity contribution in [3.63, 3.8) is 0 Å². The van der Waals surface area contributed by atoms with Crippen LogP contribution in [0, 0.1) is 5.92 Å². The third-order valence-corrected chi connectivity index (χ3v) is 3.32. The van der Waals surface area contributed by atoms with Crippen LogP contribution in [-0.2, 0) is 4.79 Å². The van der Waals surface area contributed by atoms with E-state index in [4.69, 9.17) is 0 Å². The second kappa shape index (κ2) is 8.76. The monoisotopic (exact) mass is 262 g/mol. The number of halogens is 1. The van der Waals surface area contributed by atoms with Gasteiger partial charge in [0, 0.05) is 6.04 Å². The predicted molar refractivity (Wildman–Crippen MR) is 74.6 cm³/mol. The summed E-state index contributed by atoms with van der Waals surface area (Å²) in [5.41, 5.74) is 0. The molecule has 1 unspecified atom stereocenters. The number of amides is 1. The summed E-state index contributed by atoms with van der Waals surface area (Å²) in [7, 11) is 1.87. The molecule has 0 radical (unpaired) electrons. The Kier molecular flexibility index (Phi) is 8.61. The van der Waals surface area contributed by atoms with E-state index in [0.29, 0.717) is 12.0 Å². The zero-order valence-electron chi connectivity index (χ0n) is 11.3. The highest BCUT2D eigenvalue weighted by molar-refractivity contribution is 5.85. The van der Waals surface area contributed by atoms with E-state index in [0.717, 1.165) is 19.3 Å². The molecule has 2 N–H and O–H groups in total. The van der Waals surface area contributed by atoms with E-state index in [9.17, 15) is 4.79 Å². The van der Waals surface area contributed by atoms with Crippen LogP contribution in [-0.4, -0.2) is 25.0 Å². The fourth-order valence-corrected chi connectivity index (χ4v) is 2.38. The Morgan fingerprint density at radius 2 is 1.82 bits per heavy atom. The standard InChI is InChI=1S/C13H26N2O.ClH/c1-10(2)9-12(14-3)13(16)15-11-7-5-4-6-8-11;/h10-12,14H,4-9H2,1-3H3,(H,15,16);1H. The van der Waals surface area contributed by atoms with Crippen LogP contribution in [0.4, 0.5) is 0 Å². The molecular weight excluding hydrogens is 236 g/mol. The maximum absolute atomic E-state index is 12.0. The summed E-state index contributed by atoms with van der Waals surface area (Å²) in [5.74, 6) is 0.734. The Hall–Kier alpha value is -0.280. The molecule has 4 heteroatoms. The van der Waals surface area contributed by atoms with Crippen LogP contribution >= 0.6 is 12.4 Å². The second-order valence-electron chi connectivity index (χ2n) is 5.31. The molecule has 0 aromatic rings. The number of nitrogens with one attached hydrogen (secondary N) is 2. The Morgan fingerprint density at radius 3 is 2.29 bits per heavy atom. The summed E-state index contributed by atoms with van der Waals surface area (Å²) >= 11 is 0. The molecule has 0 aromatic carbocycles. The Labute approximate surface area is 112 Å². The lowest BCUT2D eigenvalue weighted by Crippen LogP contribution is -2.47. The number of hydrogen-bond donors (Lipinski definition) is 2. The van der Waals surface area contributed by atoms with E-state index in [1.54, 1.807) is 0 Å². The van der Waals surface area contributed by atoms with E-state index in [2.05, 4.69) is 24.5 Å². The first kappa shape index (κ1) is 16.7. The first-order valence-corrected chi connectivity index (χ1v) is 6.61. The third kappa shape index (κ3) is 6.27. The van der Waals surface area contributed by atoms with E-state index in [1.807, 2.05) is 7.05 Å². The SMILES string of the molecule is CNC(CC(C)C)C(=O)NC1CCCCC1.Cl. The molecule has 0 heterocycles. The Bertz CT molecular complexity index is 215. The van der Waals surface area contributed by atoms with Crippen LogP contribution in [0.3, 0.4) is 0 Å². The average molecular weight is 263 g/mol. The quantitative estimate of drug-likeness (QED) is 0.799. The van der Waals surface area contributed by atoms with Gasteiger partial charge in [0.1, 0.15) is 0 Å². The lowest BCUT2D eigenvalue weighted by molar-refractivity contribution is -0.124. The van der Waals surface area contributed by atoms with E-state index >= 15 is 0 Å². The molecule has 1 amide bonds. The van der Waals surface area contributed by atoms with Gasteiger partial charge in [0.2, 0.25) is 5.91 Å². The second-order valence-corrected chi connectivity index (χ2v) is 5.31. The maximum atomic E-state index is 12.0. The Morgan fingerprint density at radius 1 is 1.24 bits per heavy atom. The van der Waals surface area contributed by atoms with Gasteiger partial charge in [0.25, 0.3) is 0 Å². The van der Waals surface area contributed by atoms with Crippen molar-refractivity contribution in [3.8, 4) is 0 Å². The molecule has 1 aliphatic rings. The minimum atomic E-state index is -0.0260. The van der Waals surface area contributed by atoms with Crippen molar-refractivity contribution in [1.29, 1.82) is 0 Å². The van der Waals surface area contributed by atoms with Crippen molar-refractivity contribution in [2.75, 3.05) is 7.05 Å². The molecule has 1 atom stereocenters. The average Bonchev–Trinajstić information content (AvgIpc) is 2.26. The highest BCUT2D eigenvalue weighted by Gasteiger charge is 2.21. The molecule has 0 bridgehead atoms. The van der Waals surface area contributed by atoms with Crippen LogP contribution in [0.5, 0.6) is 0 Å². The fourth-order valence-electron chi connectivity index (χ4n) is 2.38. The number of carbonyl (C=O) groups is 1. The van der Waals surface area contributed by atoms with Crippen LogP contribution < -0.4 is 10.6 Å². The van der Waals surface area contributed by atoms with Gasteiger partial charge in [-0.1, -0.05) is 33.1 Å². The van der Waals surface area contributed by atoms with Gasteiger partial charge < -0.3 is 10.6 Å². The summed E-state index contributed by atoms with van der Waals surface area (Å²) in [6.45, 7) is 4.30. The first-order valence-electron chi connectivity index (χ1n) is 6.61. The molecule has 1 saturated carbocycles. The van der Waals surface area contributed by atoms with Crippen LogP contribution in [0.15, 0.2) is 0 Å². The molecule has 1 fully saturated rings. The van der Waals surface area contributed by atoms with Crippen molar-refractivity contribution < 1.29 is 4.79 Å². The van der Waals surface area contributed by atoms with Crippen molar-refractivity contribution in [1.82, 2.24) is 10.6 Å². The largest absolute Gasteiger partial charge is 0.352 e. The summed E-state index contributed by atoms with van der Waals surface area (Å²) in [4.78, 5) is 12.0. The summed E-state index contributed by atoms with van der Waals surface area (Å²) < 4.78 is 0. The smallest absolute Gasteiger partial charge is 0.237 e. The van der Waals surface area contributed by atoms with Gasteiger partial charge in [-0.3, -0.25) is 4.79 Å². The molecule has 1 rings (SSSR count). The highest BCUT2D eigenvalue weighted by Crippen LogP contribution is 2.17. The fraction of sp³-hybridized carbons (Fsp3) is 0.923. The molecule has 102 valence electrons. The topological polar surface area (TPSA) is 41.1 Å². The lowest BCUT2D eigenvalue weighted by atomic mass is 9.95. The maximum Gasteiger partial charge on any atom is 0.237 e. The first-order chi connectivity index (χ1) is 7.63. The minimum Gasteiger partial charge on any atom is -0.352 e.